The van der Waals surface area contributed by atoms with E-state index in [1.54, 1.807) is 0 Å². The molecule has 6 nitrogen and oxygen atoms in total. The third kappa shape index (κ3) is 4.36. The van der Waals surface area contributed by atoms with Gasteiger partial charge in [-0.2, -0.15) is 9.50 Å². The molecule has 154 valence electrons. The zero-order chi connectivity index (χ0) is 20.9. The maximum atomic E-state index is 12.8. The van der Waals surface area contributed by atoms with Gasteiger partial charge in [0.15, 0.2) is 5.82 Å². The van der Waals surface area contributed by atoms with Crippen molar-refractivity contribution in [2.45, 2.75) is 26.7 Å². The average molecular weight is 422 g/mol. The van der Waals surface area contributed by atoms with E-state index in [2.05, 4.69) is 17.0 Å². The van der Waals surface area contributed by atoms with E-state index in [0.717, 1.165) is 42.1 Å². The lowest BCUT2D eigenvalue weighted by atomic mass is 10.2. The van der Waals surface area contributed by atoms with Crippen molar-refractivity contribution in [1.82, 2.24) is 14.6 Å². The van der Waals surface area contributed by atoms with E-state index in [9.17, 15) is 4.79 Å². The first-order chi connectivity index (χ1) is 14.7. The quantitative estimate of drug-likeness (QED) is 0.403. The fourth-order valence-corrected chi connectivity index (χ4v) is 3.88. The highest BCUT2D eigenvalue weighted by Gasteiger charge is 2.12. The highest BCUT2D eigenvalue weighted by Crippen LogP contribution is 2.20. The van der Waals surface area contributed by atoms with Gasteiger partial charge >= 0.3 is 0 Å². The van der Waals surface area contributed by atoms with Crippen LogP contribution in [0.1, 0.15) is 32.3 Å². The Balaban J connectivity index is 1.57. The molecule has 0 radical (unpaired) electrons. The Morgan fingerprint density at radius 2 is 1.70 bits per heavy atom. The minimum atomic E-state index is -0.164. The highest BCUT2D eigenvalue weighted by atomic mass is 32.1. The fraction of sp³-hybridized carbons (Fsp3) is 0.261. The maximum absolute atomic E-state index is 12.8. The molecule has 2 aromatic heterocycles. The van der Waals surface area contributed by atoms with Crippen molar-refractivity contribution in [2.75, 3.05) is 13.2 Å². The average Bonchev–Trinajstić information content (AvgIpc) is 3.30. The highest BCUT2D eigenvalue weighted by molar-refractivity contribution is 7.15. The second-order valence-corrected chi connectivity index (χ2v) is 7.78. The van der Waals surface area contributed by atoms with Crippen LogP contribution in [0.25, 0.3) is 22.4 Å². The first kappa shape index (κ1) is 20.1. The summed E-state index contributed by atoms with van der Waals surface area (Å²) in [5.74, 6) is 2.16. The van der Waals surface area contributed by atoms with Crippen LogP contribution >= 0.6 is 11.3 Å². The number of unbranched alkanes of at least 4 members (excludes halogenated alkanes) is 1. The number of fused-ring (bicyclic) bond motifs is 1. The second-order valence-electron chi connectivity index (χ2n) is 6.77. The van der Waals surface area contributed by atoms with Gasteiger partial charge in [-0.25, -0.2) is 0 Å². The standard InChI is InChI=1S/C23H23N3O3S/c1-3-5-14-29-19-10-6-16(7-11-19)15-20-22(27)26-23(30-20)24-21(25-26)17-8-12-18(13-9-17)28-4-2/h6-13,15H,3-5,14H2,1-2H3/b20-15+. The van der Waals surface area contributed by atoms with E-state index in [1.165, 1.54) is 15.9 Å². The van der Waals surface area contributed by atoms with E-state index in [-0.39, 0.29) is 5.56 Å². The van der Waals surface area contributed by atoms with E-state index in [4.69, 9.17) is 9.47 Å². The number of hydrogen-bond donors (Lipinski definition) is 0. The number of hydrogen-bond acceptors (Lipinski definition) is 6. The first-order valence-corrected chi connectivity index (χ1v) is 10.9. The number of nitrogens with zero attached hydrogens (tertiary/aromatic N) is 3. The summed E-state index contributed by atoms with van der Waals surface area (Å²) < 4.78 is 13.1. The predicted molar refractivity (Wildman–Crippen MR) is 119 cm³/mol. The molecule has 0 saturated carbocycles. The molecule has 0 aliphatic heterocycles. The van der Waals surface area contributed by atoms with E-state index >= 15 is 0 Å². The normalized spacial score (nSPS) is 11.9. The number of aromatic nitrogens is 3. The van der Waals surface area contributed by atoms with Gasteiger partial charge in [-0.05, 0) is 61.4 Å². The number of benzene rings is 2. The van der Waals surface area contributed by atoms with Gasteiger partial charge in [-0.3, -0.25) is 4.79 Å². The summed E-state index contributed by atoms with van der Waals surface area (Å²) in [6.45, 7) is 5.41. The van der Waals surface area contributed by atoms with Crippen molar-refractivity contribution in [2.24, 2.45) is 0 Å². The maximum Gasteiger partial charge on any atom is 0.291 e. The molecule has 0 spiro atoms. The van der Waals surface area contributed by atoms with Crippen LogP contribution in [0.15, 0.2) is 53.3 Å². The van der Waals surface area contributed by atoms with E-state index in [0.29, 0.717) is 21.9 Å². The predicted octanol–water partition coefficient (Wildman–Crippen LogP) is 3.94. The molecule has 0 atom stereocenters. The molecule has 4 aromatic rings. The summed E-state index contributed by atoms with van der Waals surface area (Å²) >= 11 is 1.33. The van der Waals surface area contributed by atoms with Gasteiger partial charge in [0.25, 0.3) is 5.56 Å². The Hall–Kier alpha value is -3.19. The van der Waals surface area contributed by atoms with Crippen molar-refractivity contribution in [3.63, 3.8) is 0 Å². The lowest BCUT2D eigenvalue weighted by Crippen LogP contribution is -2.23. The Kier molecular flexibility index (Phi) is 6.09. The second kappa shape index (κ2) is 9.09. The molecule has 4 rings (SSSR count). The molecule has 30 heavy (non-hydrogen) atoms. The molecule has 0 unspecified atom stereocenters. The Labute approximate surface area is 178 Å². The molecular weight excluding hydrogens is 398 g/mol. The molecule has 0 N–H and O–H groups in total. The van der Waals surface area contributed by atoms with Crippen molar-refractivity contribution >= 4 is 22.4 Å². The Morgan fingerprint density at radius 3 is 2.37 bits per heavy atom. The largest absolute Gasteiger partial charge is 0.494 e. The topological polar surface area (TPSA) is 65.7 Å². The van der Waals surface area contributed by atoms with Crippen LogP contribution in [0.2, 0.25) is 0 Å². The van der Waals surface area contributed by atoms with Gasteiger partial charge < -0.3 is 9.47 Å². The van der Waals surface area contributed by atoms with Crippen molar-refractivity contribution in [3.8, 4) is 22.9 Å². The molecule has 0 aliphatic rings. The Morgan fingerprint density at radius 1 is 1.00 bits per heavy atom. The van der Waals surface area contributed by atoms with Crippen LogP contribution in [0.5, 0.6) is 11.5 Å². The number of ether oxygens (including phenoxy) is 2. The monoisotopic (exact) mass is 421 g/mol. The lowest BCUT2D eigenvalue weighted by molar-refractivity contribution is 0.309. The lowest BCUT2D eigenvalue weighted by Gasteiger charge is -2.04. The van der Waals surface area contributed by atoms with Gasteiger partial charge in [-0.15, -0.1) is 5.10 Å². The smallest absolute Gasteiger partial charge is 0.291 e. The van der Waals surface area contributed by atoms with Crippen LogP contribution in [0, 0.1) is 0 Å². The van der Waals surface area contributed by atoms with Crippen LogP contribution in [-0.2, 0) is 0 Å². The zero-order valence-electron chi connectivity index (χ0n) is 17.0. The van der Waals surface area contributed by atoms with Crippen molar-refractivity contribution < 1.29 is 9.47 Å². The minimum Gasteiger partial charge on any atom is -0.494 e. The van der Waals surface area contributed by atoms with Gasteiger partial charge in [0.2, 0.25) is 4.96 Å². The molecule has 7 heteroatoms. The Bertz CT molecular complexity index is 1230. The summed E-state index contributed by atoms with van der Waals surface area (Å²) in [7, 11) is 0. The number of thiazole rings is 1. The van der Waals surface area contributed by atoms with E-state index in [1.807, 2.05) is 61.5 Å². The van der Waals surface area contributed by atoms with Gasteiger partial charge in [0, 0.05) is 5.56 Å². The van der Waals surface area contributed by atoms with E-state index < -0.39 is 0 Å². The van der Waals surface area contributed by atoms with Crippen molar-refractivity contribution in [3.05, 3.63) is 69.0 Å². The fourth-order valence-electron chi connectivity index (χ4n) is 2.97. The summed E-state index contributed by atoms with van der Waals surface area (Å²) in [5.41, 5.74) is 1.62. The van der Waals surface area contributed by atoms with Crippen LogP contribution in [0.3, 0.4) is 0 Å². The van der Waals surface area contributed by atoms with Gasteiger partial charge in [0.1, 0.15) is 11.5 Å². The van der Waals surface area contributed by atoms with Gasteiger partial charge in [-0.1, -0.05) is 36.8 Å². The molecule has 0 aliphatic carbocycles. The molecular formula is C23H23N3O3S. The molecule has 0 amide bonds. The zero-order valence-corrected chi connectivity index (χ0v) is 17.8. The van der Waals surface area contributed by atoms with Gasteiger partial charge in [0.05, 0.1) is 17.7 Å². The molecule has 0 saturated heterocycles. The molecule has 2 heterocycles. The van der Waals surface area contributed by atoms with Crippen molar-refractivity contribution in [1.29, 1.82) is 0 Å². The summed E-state index contributed by atoms with van der Waals surface area (Å²) in [6.07, 6.45) is 4.00. The van der Waals surface area contributed by atoms with Crippen LogP contribution in [0.4, 0.5) is 0 Å². The minimum absolute atomic E-state index is 0.164. The third-order valence-electron chi connectivity index (χ3n) is 4.55. The summed E-state index contributed by atoms with van der Waals surface area (Å²) in [5, 5.41) is 4.40. The molecule has 0 fully saturated rings. The first-order valence-electron chi connectivity index (χ1n) is 10.1. The molecule has 0 bridgehead atoms. The van der Waals surface area contributed by atoms with Crippen LogP contribution in [-0.4, -0.2) is 27.8 Å². The number of rotatable bonds is 8. The SMILES string of the molecule is CCCCOc1ccc(/C=c2/sc3nc(-c4ccc(OCC)cc4)nn3c2=O)cc1. The third-order valence-corrected chi connectivity index (χ3v) is 5.51. The summed E-state index contributed by atoms with van der Waals surface area (Å²) in [4.78, 5) is 17.9. The van der Waals surface area contributed by atoms with Crippen LogP contribution < -0.4 is 19.6 Å². The molecule has 2 aromatic carbocycles. The summed E-state index contributed by atoms with van der Waals surface area (Å²) in [6, 6.07) is 15.3.